The second-order valence-corrected chi connectivity index (χ2v) is 7.63. The van der Waals surface area contributed by atoms with Crippen molar-refractivity contribution >= 4 is 28.3 Å². The van der Waals surface area contributed by atoms with Crippen LogP contribution in [0.2, 0.25) is 0 Å². The second-order valence-electron chi connectivity index (χ2n) is 6.84. The fourth-order valence-corrected chi connectivity index (χ4v) is 3.28. The van der Waals surface area contributed by atoms with Crippen molar-refractivity contribution in [2.45, 2.75) is 91.9 Å². The van der Waals surface area contributed by atoms with Gasteiger partial charge in [-0.3, -0.25) is 0 Å². The van der Waals surface area contributed by atoms with Crippen LogP contribution < -0.4 is 5.73 Å². The molecule has 0 rings (SSSR count). The van der Waals surface area contributed by atoms with E-state index in [1.54, 1.807) is 0 Å². The first-order valence-corrected chi connectivity index (χ1v) is 11.4. The topological polar surface area (TPSA) is 26.0 Å². The molecule has 0 aromatic carbocycles. The van der Waals surface area contributed by atoms with Gasteiger partial charge in [0, 0.05) is 5.33 Å². The minimum Gasteiger partial charge on any atom is -0.330 e. The molecule has 0 amide bonds. The summed E-state index contributed by atoms with van der Waals surface area (Å²) < 4.78 is 1.42. The normalized spacial score (nSPS) is 10.8. The van der Waals surface area contributed by atoms with E-state index < -0.39 is 0 Å². The molecule has 2 N–H and O–H groups in total. The van der Waals surface area contributed by atoms with E-state index >= 15 is 0 Å². The number of unbranched alkanes of at least 4 members (excludes halogenated alkanes) is 5. The molecule has 0 unspecified atom stereocenters. The lowest BCUT2D eigenvalue weighted by molar-refractivity contribution is -0.929. The summed E-state index contributed by atoms with van der Waals surface area (Å²) in [7, 11) is 0. The molecule has 0 saturated heterocycles. The molecule has 0 atom stereocenters. The number of halogens is 2. The molecule has 0 spiro atoms. The van der Waals surface area contributed by atoms with Gasteiger partial charge in [0.05, 0.1) is 26.2 Å². The third kappa shape index (κ3) is 19.0. The maximum absolute atomic E-state index is 5.19. The third-order valence-electron chi connectivity index (χ3n) is 4.53. The molecule has 0 fully saturated rings. The Morgan fingerprint density at radius 3 is 1.12 bits per heavy atom. The molecule has 0 saturated carbocycles. The maximum Gasteiger partial charge on any atom is 0.0786 e. The summed E-state index contributed by atoms with van der Waals surface area (Å²) in [5.41, 5.74) is 5.19. The van der Waals surface area contributed by atoms with Crippen LogP contribution in [-0.2, 0) is 0 Å². The Balaban J connectivity index is -0.000000538. The van der Waals surface area contributed by atoms with Crippen LogP contribution in [-0.4, -0.2) is 42.5 Å². The van der Waals surface area contributed by atoms with Crippen molar-refractivity contribution in [2.24, 2.45) is 5.73 Å². The van der Waals surface area contributed by atoms with Gasteiger partial charge in [-0.1, -0.05) is 69.3 Å². The van der Waals surface area contributed by atoms with Gasteiger partial charge in [0.25, 0.3) is 0 Å². The number of hydrogen-bond acceptors (Lipinski definition) is 1. The first-order chi connectivity index (χ1) is 11.2. The van der Waals surface area contributed by atoms with Crippen molar-refractivity contribution < 1.29 is 4.48 Å². The van der Waals surface area contributed by atoms with Crippen LogP contribution in [0.1, 0.15) is 91.9 Å². The van der Waals surface area contributed by atoms with Crippen molar-refractivity contribution in [3.8, 4) is 0 Å². The molecule has 4 heteroatoms. The highest BCUT2D eigenvalue weighted by atomic mass is 79.9. The summed E-state index contributed by atoms with van der Waals surface area (Å²) in [5, 5.41) is 1.09. The van der Waals surface area contributed by atoms with Gasteiger partial charge in [0.15, 0.2) is 0 Å². The van der Waals surface area contributed by atoms with E-state index in [-0.39, 0.29) is 12.4 Å². The number of hydrogen-bond donors (Lipinski definition) is 1. The molecule has 0 aromatic rings. The zero-order valence-electron chi connectivity index (χ0n) is 17.1. The van der Waals surface area contributed by atoms with Gasteiger partial charge in [0.1, 0.15) is 0 Å². The zero-order valence-corrected chi connectivity index (χ0v) is 19.5. The number of quaternary nitrogens is 1. The highest BCUT2D eigenvalue weighted by Gasteiger charge is 2.24. The summed E-state index contributed by atoms with van der Waals surface area (Å²) in [6.07, 6.45) is 13.4. The SMILES string of the molecule is CCCC[N+](CCCC)(CCCC)CCCC.Cl.NCCCCBr. The molecule has 0 aromatic heterocycles. The van der Waals surface area contributed by atoms with Gasteiger partial charge in [-0.05, 0) is 45.1 Å². The summed E-state index contributed by atoms with van der Waals surface area (Å²) >= 11 is 3.29. The number of rotatable bonds is 15. The molecule has 0 aliphatic heterocycles. The standard InChI is InChI=1S/C16H36N.C4H10BrN.ClH/c1-5-9-13-17(14-10-6-2,15-11-7-3)16-12-8-4;5-3-1-2-4-6;/h5-16H2,1-4H3;1-4,6H2;1H/q+1;;. The molecule has 150 valence electrons. The average Bonchev–Trinajstić information content (AvgIpc) is 2.59. The van der Waals surface area contributed by atoms with Gasteiger partial charge in [-0.25, -0.2) is 0 Å². The predicted octanol–water partition coefficient (Wildman–Crippen LogP) is 6.55. The number of alkyl halides is 1. The molecular weight excluding hydrogens is 384 g/mol. The Morgan fingerprint density at radius 1 is 0.625 bits per heavy atom. The largest absolute Gasteiger partial charge is 0.330 e. The van der Waals surface area contributed by atoms with Gasteiger partial charge in [0.2, 0.25) is 0 Å². The lowest BCUT2D eigenvalue weighted by Gasteiger charge is -2.39. The van der Waals surface area contributed by atoms with Gasteiger partial charge in [-0.2, -0.15) is 0 Å². The monoisotopic (exact) mass is 429 g/mol. The molecule has 0 radical (unpaired) electrons. The van der Waals surface area contributed by atoms with Crippen LogP contribution in [0.3, 0.4) is 0 Å². The van der Waals surface area contributed by atoms with E-state index in [0.717, 1.165) is 18.3 Å². The van der Waals surface area contributed by atoms with Crippen molar-refractivity contribution in [3.63, 3.8) is 0 Å². The lowest BCUT2D eigenvalue weighted by Crippen LogP contribution is -2.50. The highest BCUT2D eigenvalue weighted by Crippen LogP contribution is 2.16. The average molecular weight is 431 g/mol. The van der Waals surface area contributed by atoms with Crippen LogP contribution in [0.5, 0.6) is 0 Å². The van der Waals surface area contributed by atoms with Gasteiger partial charge in [-0.15, -0.1) is 12.4 Å². The van der Waals surface area contributed by atoms with E-state index in [0.29, 0.717) is 0 Å². The minimum atomic E-state index is 0. The van der Waals surface area contributed by atoms with Crippen molar-refractivity contribution in [2.75, 3.05) is 38.1 Å². The Kier molecular flexibility index (Phi) is 29.1. The summed E-state index contributed by atoms with van der Waals surface area (Å²) in [4.78, 5) is 0. The first-order valence-electron chi connectivity index (χ1n) is 10.3. The maximum atomic E-state index is 5.19. The fourth-order valence-electron chi connectivity index (χ4n) is 2.88. The third-order valence-corrected chi connectivity index (χ3v) is 5.09. The molecule has 24 heavy (non-hydrogen) atoms. The van der Waals surface area contributed by atoms with Gasteiger partial charge < -0.3 is 10.2 Å². The fraction of sp³-hybridized carbons (Fsp3) is 1.00. The zero-order chi connectivity index (χ0) is 17.8. The molecular formula is C20H47BrClN2+. The molecule has 0 heterocycles. The Morgan fingerprint density at radius 2 is 0.958 bits per heavy atom. The Hall–Kier alpha value is 0.690. The van der Waals surface area contributed by atoms with Crippen molar-refractivity contribution in [3.05, 3.63) is 0 Å². The second kappa shape index (κ2) is 23.7. The number of nitrogens with two attached hydrogens (primary N) is 1. The van der Waals surface area contributed by atoms with Crippen LogP contribution >= 0.6 is 28.3 Å². The highest BCUT2D eigenvalue weighted by molar-refractivity contribution is 9.09. The summed E-state index contributed by atoms with van der Waals surface area (Å²) in [6.45, 7) is 15.8. The van der Waals surface area contributed by atoms with E-state index in [1.807, 2.05) is 0 Å². The Bertz CT molecular complexity index is 174. The van der Waals surface area contributed by atoms with Crippen LogP contribution in [0.25, 0.3) is 0 Å². The summed E-state index contributed by atoms with van der Waals surface area (Å²) in [5.74, 6) is 0. The van der Waals surface area contributed by atoms with Crippen LogP contribution in [0.15, 0.2) is 0 Å². The molecule has 0 bridgehead atoms. The summed E-state index contributed by atoms with van der Waals surface area (Å²) in [6, 6.07) is 0. The van der Waals surface area contributed by atoms with Crippen LogP contribution in [0.4, 0.5) is 0 Å². The van der Waals surface area contributed by atoms with Gasteiger partial charge >= 0.3 is 0 Å². The minimum absolute atomic E-state index is 0. The predicted molar refractivity (Wildman–Crippen MR) is 119 cm³/mol. The van der Waals surface area contributed by atoms with Crippen LogP contribution in [0, 0.1) is 0 Å². The number of nitrogens with zero attached hydrogens (tertiary/aromatic N) is 1. The first kappa shape index (κ1) is 29.5. The van der Waals surface area contributed by atoms with E-state index in [1.165, 1.54) is 88.4 Å². The molecule has 0 aliphatic rings. The Labute approximate surface area is 168 Å². The smallest absolute Gasteiger partial charge is 0.0786 e. The van der Waals surface area contributed by atoms with E-state index in [9.17, 15) is 0 Å². The van der Waals surface area contributed by atoms with E-state index in [2.05, 4.69) is 43.6 Å². The van der Waals surface area contributed by atoms with Crippen molar-refractivity contribution in [1.82, 2.24) is 0 Å². The molecule has 0 aliphatic carbocycles. The lowest BCUT2D eigenvalue weighted by atomic mass is 10.1. The molecule has 2 nitrogen and oxygen atoms in total. The van der Waals surface area contributed by atoms with E-state index in [4.69, 9.17) is 5.73 Å². The van der Waals surface area contributed by atoms with Crippen molar-refractivity contribution in [1.29, 1.82) is 0 Å². The quantitative estimate of drug-likeness (QED) is 0.178.